The van der Waals surface area contributed by atoms with Gasteiger partial charge in [-0.1, -0.05) is 23.2 Å². The molecule has 3 nitrogen and oxygen atoms in total. The summed E-state index contributed by atoms with van der Waals surface area (Å²) in [5.74, 6) is 1.44. The van der Waals surface area contributed by atoms with Crippen LogP contribution < -0.4 is 9.47 Å². The summed E-state index contributed by atoms with van der Waals surface area (Å²) in [6, 6.07) is 12.0. The number of phenols is 1. The van der Waals surface area contributed by atoms with E-state index in [4.69, 9.17) is 32.7 Å². The van der Waals surface area contributed by atoms with Crippen molar-refractivity contribution in [2.45, 2.75) is 19.4 Å². The zero-order chi connectivity index (χ0) is 15.2. The summed E-state index contributed by atoms with van der Waals surface area (Å²) >= 11 is 11.6. The summed E-state index contributed by atoms with van der Waals surface area (Å²) in [4.78, 5) is 0. The van der Waals surface area contributed by atoms with Crippen LogP contribution in [0.15, 0.2) is 42.5 Å². The van der Waals surface area contributed by atoms with Crippen LogP contribution in [-0.2, 0) is 0 Å². The Labute approximate surface area is 134 Å². The van der Waals surface area contributed by atoms with E-state index in [2.05, 4.69) is 0 Å². The molecule has 0 aliphatic heterocycles. The van der Waals surface area contributed by atoms with Gasteiger partial charge in [-0.2, -0.15) is 0 Å². The Morgan fingerprint density at radius 3 is 2.38 bits per heavy atom. The molecule has 0 aliphatic carbocycles. The van der Waals surface area contributed by atoms with Gasteiger partial charge in [0.05, 0.1) is 17.7 Å². The minimum absolute atomic E-state index is 0.0127. The van der Waals surface area contributed by atoms with Crippen molar-refractivity contribution in [1.82, 2.24) is 0 Å². The second-order valence-electron chi connectivity index (χ2n) is 4.63. The minimum atomic E-state index is 0.0127. The van der Waals surface area contributed by atoms with Crippen molar-refractivity contribution in [1.29, 1.82) is 0 Å². The third kappa shape index (κ3) is 5.03. The number of phenolic OH excluding ortho intramolecular Hbond substituents is 1. The molecule has 0 saturated heterocycles. The zero-order valence-electron chi connectivity index (χ0n) is 11.6. The maximum atomic E-state index is 9.32. The molecule has 0 amide bonds. The van der Waals surface area contributed by atoms with Crippen molar-refractivity contribution < 1.29 is 14.6 Å². The fourth-order valence-corrected chi connectivity index (χ4v) is 2.02. The summed E-state index contributed by atoms with van der Waals surface area (Å²) in [6.07, 6.45) is 0.736. The fourth-order valence-electron chi connectivity index (χ4n) is 1.72. The molecule has 0 saturated carbocycles. The van der Waals surface area contributed by atoms with E-state index in [9.17, 15) is 5.11 Å². The van der Waals surface area contributed by atoms with Crippen molar-refractivity contribution in [2.75, 3.05) is 6.61 Å². The molecule has 1 unspecified atom stereocenters. The fraction of sp³-hybridized carbons (Fsp3) is 0.250. The maximum Gasteiger partial charge on any atom is 0.134 e. The number of halogens is 2. The van der Waals surface area contributed by atoms with Gasteiger partial charge in [-0.15, -0.1) is 0 Å². The van der Waals surface area contributed by atoms with Gasteiger partial charge in [0.15, 0.2) is 0 Å². The molecule has 112 valence electrons. The largest absolute Gasteiger partial charge is 0.506 e. The highest BCUT2D eigenvalue weighted by Crippen LogP contribution is 2.27. The Morgan fingerprint density at radius 1 is 1.05 bits per heavy atom. The molecule has 0 heterocycles. The van der Waals surface area contributed by atoms with Crippen LogP contribution in [0, 0.1) is 0 Å². The third-order valence-electron chi connectivity index (χ3n) is 2.86. The first-order valence-electron chi connectivity index (χ1n) is 6.58. The van der Waals surface area contributed by atoms with Crippen LogP contribution in [0.1, 0.15) is 13.3 Å². The van der Waals surface area contributed by atoms with Crippen molar-refractivity contribution >= 4 is 23.2 Å². The summed E-state index contributed by atoms with van der Waals surface area (Å²) in [6.45, 7) is 2.47. The SMILES string of the molecule is CC(CCOc1ccc(O)c(Cl)c1)Oc1ccc(Cl)cc1. The van der Waals surface area contributed by atoms with Crippen LogP contribution in [-0.4, -0.2) is 17.8 Å². The normalized spacial score (nSPS) is 12.0. The van der Waals surface area contributed by atoms with Gasteiger partial charge in [0.1, 0.15) is 17.2 Å². The Balaban J connectivity index is 1.77. The minimum Gasteiger partial charge on any atom is -0.506 e. The molecule has 0 bridgehead atoms. The topological polar surface area (TPSA) is 38.7 Å². The molecule has 0 radical (unpaired) electrons. The molecule has 0 spiro atoms. The molecule has 0 fully saturated rings. The number of hydrogen-bond acceptors (Lipinski definition) is 3. The summed E-state index contributed by atoms with van der Waals surface area (Å²) in [7, 11) is 0. The van der Waals surface area contributed by atoms with Gasteiger partial charge in [0.25, 0.3) is 0 Å². The van der Waals surface area contributed by atoms with E-state index in [1.54, 1.807) is 24.3 Å². The van der Waals surface area contributed by atoms with Crippen LogP contribution in [0.4, 0.5) is 0 Å². The predicted octanol–water partition coefficient (Wildman–Crippen LogP) is 4.94. The molecular weight excluding hydrogens is 311 g/mol. The standard InChI is InChI=1S/C16H16Cl2O3/c1-11(21-13-4-2-12(17)3-5-13)8-9-20-14-6-7-16(19)15(18)10-14/h2-7,10-11,19H,8-9H2,1H3. The van der Waals surface area contributed by atoms with Gasteiger partial charge in [-0.25, -0.2) is 0 Å². The van der Waals surface area contributed by atoms with E-state index in [-0.39, 0.29) is 16.9 Å². The molecule has 2 aromatic rings. The zero-order valence-corrected chi connectivity index (χ0v) is 13.1. The van der Waals surface area contributed by atoms with E-state index < -0.39 is 0 Å². The first-order chi connectivity index (χ1) is 10.0. The molecule has 21 heavy (non-hydrogen) atoms. The maximum absolute atomic E-state index is 9.32. The van der Waals surface area contributed by atoms with E-state index in [0.29, 0.717) is 17.4 Å². The number of benzene rings is 2. The van der Waals surface area contributed by atoms with Crippen LogP contribution in [0.2, 0.25) is 10.0 Å². The number of hydrogen-bond donors (Lipinski definition) is 1. The highest BCUT2D eigenvalue weighted by Gasteiger charge is 2.06. The van der Waals surface area contributed by atoms with Crippen LogP contribution in [0.3, 0.4) is 0 Å². The number of aromatic hydroxyl groups is 1. The second-order valence-corrected chi connectivity index (χ2v) is 5.48. The Kier molecular flexibility index (Phi) is 5.59. The summed E-state index contributed by atoms with van der Waals surface area (Å²) < 4.78 is 11.3. The molecule has 2 aromatic carbocycles. The monoisotopic (exact) mass is 326 g/mol. The predicted molar refractivity (Wildman–Crippen MR) is 84.8 cm³/mol. The van der Waals surface area contributed by atoms with Gasteiger partial charge in [0, 0.05) is 17.5 Å². The third-order valence-corrected chi connectivity index (χ3v) is 3.42. The molecule has 0 aromatic heterocycles. The Bertz CT molecular complexity index is 585. The highest BCUT2D eigenvalue weighted by atomic mass is 35.5. The van der Waals surface area contributed by atoms with Crippen LogP contribution in [0.25, 0.3) is 0 Å². The van der Waals surface area contributed by atoms with E-state index in [1.807, 2.05) is 19.1 Å². The lowest BCUT2D eigenvalue weighted by Crippen LogP contribution is -2.15. The molecule has 5 heteroatoms. The lowest BCUT2D eigenvalue weighted by Gasteiger charge is -2.15. The molecule has 1 N–H and O–H groups in total. The smallest absolute Gasteiger partial charge is 0.134 e. The van der Waals surface area contributed by atoms with Crippen molar-refractivity contribution in [3.63, 3.8) is 0 Å². The van der Waals surface area contributed by atoms with E-state index in [1.165, 1.54) is 6.07 Å². The summed E-state index contributed by atoms with van der Waals surface area (Å²) in [5, 5.41) is 10.3. The summed E-state index contributed by atoms with van der Waals surface area (Å²) in [5.41, 5.74) is 0. The first-order valence-corrected chi connectivity index (χ1v) is 7.34. The van der Waals surface area contributed by atoms with Crippen molar-refractivity contribution in [3.05, 3.63) is 52.5 Å². The Hall–Kier alpha value is -1.58. The average molecular weight is 327 g/mol. The van der Waals surface area contributed by atoms with Gasteiger partial charge in [-0.3, -0.25) is 0 Å². The number of rotatable bonds is 6. The molecule has 0 aliphatic rings. The molecular formula is C16H16Cl2O3. The quantitative estimate of drug-likeness (QED) is 0.817. The Morgan fingerprint density at radius 2 is 1.71 bits per heavy atom. The van der Waals surface area contributed by atoms with Gasteiger partial charge in [0.2, 0.25) is 0 Å². The van der Waals surface area contributed by atoms with Gasteiger partial charge < -0.3 is 14.6 Å². The number of ether oxygens (including phenoxy) is 2. The van der Waals surface area contributed by atoms with E-state index >= 15 is 0 Å². The van der Waals surface area contributed by atoms with Gasteiger partial charge in [-0.05, 0) is 43.3 Å². The lowest BCUT2D eigenvalue weighted by atomic mass is 10.3. The lowest BCUT2D eigenvalue weighted by molar-refractivity contribution is 0.177. The van der Waals surface area contributed by atoms with Crippen LogP contribution >= 0.6 is 23.2 Å². The molecule has 1 atom stereocenters. The molecule has 2 rings (SSSR count). The highest BCUT2D eigenvalue weighted by molar-refractivity contribution is 6.32. The van der Waals surface area contributed by atoms with Crippen molar-refractivity contribution in [2.24, 2.45) is 0 Å². The average Bonchev–Trinajstić information content (AvgIpc) is 2.45. The van der Waals surface area contributed by atoms with E-state index in [0.717, 1.165) is 12.2 Å². The first kappa shape index (κ1) is 15.8. The van der Waals surface area contributed by atoms with Crippen LogP contribution in [0.5, 0.6) is 17.2 Å². The van der Waals surface area contributed by atoms with Gasteiger partial charge >= 0.3 is 0 Å². The van der Waals surface area contributed by atoms with Crippen molar-refractivity contribution in [3.8, 4) is 17.2 Å². The second kappa shape index (κ2) is 7.43.